The topological polar surface area (TPSA) is 3.24 Å². The van der Waals surface area contributed by atoms with Crippen molar-refractivity contribution in [2.24, 2.45) is 0 Å². The summed E-state index contributed by atoms with van der Waals surface area (Å²) in [5.41, 5.74) is 20.8. The van der Waals surface area contributed by atoms with Crippen LogP contribution in [0.3, 0.4) is 0 Å². The first-order valence-electron chi connectivity index (χ1n) is 22.5. The largest absolute Gasteiger partial charge is 0.310 e. The number of fused-ring (bicyclic) bond motifs is 6. The van der Waals surface area contributed by atoms with Crippen molar-refractivity contribution < 1.29 is 0 Å². The van der Waals surface area contributed by atoms with E-state index in [0.717, 1.165) is 17.1 Å². The maximum absolute atomic E-state index is 2.43. The van der Waals surface area contributed by atoms with E-state index in [2.05, 4.69) is 255 Å². The third-order valence-corrected chi connectivity index (χ3v) is 14.7. The SMILES string of the molecule is CC1(C)c2cc(-c3ccccc3)ccc2-c2ccc(N(c3ccc(-c4ccc(-c5cccc6c5sc5ccccc56)cc4)cc3)c3ccc(-c4cccc(-c5ccccc5)c4)cc3)cc21. The van der Waals surface area contributed by atoms with E-state index in [1.165, 1.54) is 98.1 Å². The molecule has 0 N–H and O–H groups in total. The highest BCUT2D eigenvalue weighted by atomic mass is 32.1. The standard InChI is InChI=1S/C63H45NS/c1-63(2)59-40-50(43-15-7-4-8-16-43)31-37-55(59)56-38-36-53(41-60(56)63)64(52-34-29-46(30-35-52)49-18-11-17-48(39-49)42-13-5-3-6-14-42)51-32-27-45(28-33-51)44-23-25-47(26-24-44)54-20-12-21-58-57-19-9-10-22-61(57)65-62(54)58/h3-41H,1-2H3. The van der Waals surface area contributed by atoms with Crippen LogP contribution in [0.2, 0.25) is 0 Å². The van der Waals surface area contributed by atoms with Gasteiger partial charge in [-0.3, -0.25) is 0 Å². The lowest BCUT2D eigenvalue weighted by molar-refractivity contribution is 0.660. The van der Waals surface area contributed by atoms with Crippen molar-refractivity contribution in [1.29, 1.82) is 0 Å². The molecule has 0 amide bonds. The summed E-state index contributed by atoms with van der Waals surface area (Å²) in [7, 11) is 0. The zero-order valence-corrected chi connectivity index (χ0v) is 37.2. The molecule has 1 aromatic heterocycles. The molecule has 0 spiro atoms. The Morgan fingerprint density at radius 2 is 0.738 bits per heavy atom. The molecular formula is C63H45NS. The minimum Gasteiger partial charge on any atom is -0.310 e. The van der Waals surface area contributed by atoms with Crippen LogP contribution in [0.25, 0.3) is 86.9 Å². The normalized spacial score (nSPS) is 12.6. The molecule has 0 atom stereocenters. The number of benzene rings is 10. The zero-order valence-electron chi connectivity index (χ0n) is 36.4. The van der Waals surface area contributed by atoms with Gasteiger partial charge in [-0.25, -0.2) is 0 Å². The van der Waals surface area contributed by atoms with Gasteiger partial charge >= 0.3 is 0 Å². The second-order valence-electron chi connectivity index (χ2n) is 17.7. The van der Waals surface area contributed by atoms with E-state index in [1.54, 1.807) is 0 Å². The molecule has 2 heteroatoms. The molecule has 0 saturated carbocycles. The first kappa shape index (κ1) is 38.9. The molecule has 1 nitrogen and oxygen atoms in total. The zero-order chi connectivity index (χ0) is 43.5. The van der Waals surface area contributed by atoms with Gasteiger partial charge < -0.3 is 4.90 Å². The summed E-state index contributed by atoms with van der Waals surface area (Å²) < 4.78 is 2.67. The molecule has 0 bridgehead atoms. The molecule has 0 radical (unpaired) electrons. The van der Waals surface area contributed by atoms with Crippen molar-refractivity contribution >= 4 is 48.6 Å². The van der Waals surface area contributed by atoms with Crippen LogP contribution in [0, 0.1) is 0 Å². The lowest BCUT2D eigenvalue weighted by Crippen LogP contribution is -2.16. The molecule has 308 valence electrons. The van der Waals surface area contributed by atoms with Gasteiger partial charge in [-0.2, -0.15) is 0 Å². The van der Waals surface area contributed by atoms with Crippen LogP contribution in [0.4, 0.5) is 17.1 Å². The van der Waals surface area contributed by atoms with Crippen LogP contribution in [0.5, 0.6) is 0 Å². The lowest BCUT2D eigenvalue weighted by Gasteiger charge is -2.28. The van der Waals surface area contributed by atoms with Gasteiger partial charge in [0.15, 0.2) is 0 Å². The van der Waals surface area contributed by atoms with Crippen LogP contribution in [0.1, 0.15) is 25.0 Å². The van der Waals surface area contributed by atoms with E-state index < -0.39 is 0 Å². The quantitative estimate of drug-likeness (QED) is 0.147. The molecule has 65 heavy (non-hydrogen) atoms. The van der Waals surface area contributed by atoms with Crippen molar-refractivity contribution in [2.75, 3.05) is 4.90 Å². The number of hydrogen-bond acceptors (Lipinski definition) is 2. The highest BCUT2D eigenvalue weighted by Gasteiger charge is 2.36. The first-order valence-corrected chi connectivity index (χ1v) is 23.3. The Balaban J connectivity index is 0.904. The fourth-order valence-corrected chi connectivity index (χ4v) is 11.3. The summed E-state index contributed by atoms with van der Waals surface area (Å²) in [6, 6.07) is 86.9. The molecule has 1 aliphatic carbocycles. The fourth-order valence-electron chi connectivity index (χ4n) is 10.1. The smallest absolute Gasteiger partial charge is 0.0465 e. The maximum atomic E-state index is 2.43. The van der Waals surface area contributed by atoms with Gasteiger partial charge in [0, 0.05) is 42.6 Å². The predicted molar refractivity (Wildman–Crippen MR) is 279 cm³/mol. The van der Waals surface area contributed by atoms with Crippen LogP contribution in [-0.4, -0.2) is 0 Å². The number of hydrogen-bond donors (Lipinski definition) is 0. The van der Waals surface area contributed by atoms with Gasteiger partial charge in [-0.15, -0.1) is 11.3 Å². The monoisotopic (exact) mass is 847 g/mol. The average Bonchev–Trinajstić information content (AvgIpc) is 3.86. The maximum Gasteiger partial charge on any atom is 0.0465 e. The summed E-state index contributed by atoms with van der Waals surface area (Å²) in [5, 5.41) is 2.66. The van der Waals surface area contributed by atoms with Crippen LogP contribution < -0.4 is 4.90 Å². The summed E-state index contributed by atoms with van der Waals surface area (Å²) in [6.07, 6.45) is 0. The molecule has 12 rings (SSSR count). The molecular weight excluding hydrogens is 803 g/mol. The highest BCUT2D eigenvalue weighted by Crippen LogP contribution is 2.52. The Morgan fingerprint density at radius 3 is 1.38 bits per heavy atom. The second-order valence-corrected chi connectivity index (χ2v) is 18.8. The molecule has 1 aliphatic rings. The van der Waals surface area contributed by atoms with Crippen LogP contribution in [-0.2, 0) is 5.41 Å². The Labute approximate surface area is 385 Å². The van der Waals surface area contributed by atoms with Crippen molar-refractivity contribution in [3.05, 3.63) is 248 Å². The van der Waals surface area contributed by atoms with E-state index in [-0.39, 0.29) is 5.41 Å². The third kappa shape index (κ3) is 6.86. The molecule has 10 aromatic carbocycles. The van der Waals surface area contributed by atoms with Crippen molar-refractivity contribution in [3.8, 4) is 66.8 Å². The molecule has 1 heterocycles. The van der Waals surface area contributed by atoms with Gasteiger partial charge in [-0.05, 0) is 132 Å². The van der Waals surface area contributed by atoms with Crippen molar-refractivity contribution in [1.82, 2.24) is 0 Å². The van der Waals surface area contributed by atoms with Crippen LogP contribution in [0.15, 0.2) is 237 Å². The van der Waals surface area contributed by atoms with Gasteiger partial charge in [-0.1, -0.05) is 196 Å². The van der Waals surface area contributed by atoms with Gasteiger partial charge in [0.25, 0.3) is 0 Å². The fraction of sp³-hybridized carbons (Fsp3) is 0.0476. The molecule has 11 aromatic rings. The Morgan fingerprint density at radius 1 is 0.308 bits per heavy atom. The van der Waals surface area contributed by atoms with E-state index in [1.807, 2.05) is 11.3 Å². The Bertz CT molecular complexity index is 3530. The van der Waals surface area contributed by atoms with Crippen LogP contribution >= 0.6 is 11.3 Å². The Hall–Kier alpha value is -7.78. The van der Waals surface area contributed by atoms with E-state index in [9.17, 15) is 0 Å². The summed E-state index contributed by atoms with van der Waals surface area (Å²) in [5.74, 6) is 0. The molecule has 0 unspecified atom stereocenters. The molecule has 0 fully saturated rings. The van der Waals surface area contributed by atoms with E-state index in [4.69, 9.17) is 0 Å². The summed E-state index contributed by atoms with van der Waals surface area (Å²) in [4.78, 5) is 2.41. The van der Waals surface area contributed by atoms with Gasteiger partial charge in [0.2, 0.25) is 0 Å². The van der Waals surface area contributed by atoms with Gasteiger partial charge in [0.1, 0.15) is 0 Å². The van der Waals surface area contributed by atoms with E-state index >= 15 is 0 Å². The first-order chi connectivity index (χ1) is 32.0. The minimum atomic E-state index is -0.177. The summed E-state index contributed by atoms with van der Waals surface area (Å²) >= 11 is 1.88. The van der Waals surface area contributed by atoms with Crippen molar-refractivity contribution in [2.45, 2.75) is 19.3 Å². The Kier molecular flexibility index (Phi) is 9.44. The third-order valence-electron chi connectivity index (χ3n) is 13.5. The summed E-state index contributed by atoms with van der Waals surface area (Å²) in [6.45, 7) is 4.75. The number of rotatable bonds is 8. The number of anilines is 3. The van der Waals surface area contributed by atoms with Crippen molar-refractivity contribution in [3.63, 3.8) is 0 Å². The molecule has 0 aliphatic heterocycles. The number of thiophene rings is 1. The highest BCUT2D eigenvalue weighted by molar-refractivity contribution is 7.26. The lowest BCUT2D eigenvalue weighted by atomic mass is 9.81. The van der Waals surface area contributed by atoms with E-state index in [0.29, 0.717) is 0 Å². The molecule has 0 saturated heterocycles. The minimum absolute atomic E-state index is 0.177. The predicted octanol–water partition coefficient (Wildman–Crippen LogP) is 18.2. The second kappa shape index (κ2) is 15.8. The van der Waals surface area contributed by atoms with Gasteiger partial charge in [0.05, 0.1) is 0 Å². The number of nitrogens with zero attached hydrogens (tertiary/aromatic N) is 1. The average molecular weight is 848 g/mol.